The Morgan fingerprint density at radius 1 is 0.903 bits per heavy atom. The quantitative estimate of drug-likeness (QED) is 0.608. The van der Waals surface area contributed by atoms with Crippen LogP contribution in [-0.4, -0.2) is 18.4 Å². The predicted octanol–water partition coefficient (Wildman–Crippen LogP) is 5.06. The molecular weight excluding hydrogens is 395 g/mol. The van der Waals surface area contributed by atoms with E-state index in [0.29, 0.717) is 30.0 Å². The van der Waals surface area contributed by atoms with Gasteiger partial charge in [0, 0.05) is 30.8 Å². The summed E-state index contributed by atoms with van der Waals surface area (Å²) in [5, 5.41) is 2.90. The predicted molar refractivity (Wildman–Crippen MR) is 117 cm³/mol. The summed E-state index contributed by atoms with van der Waals surface area (Å²) in [5.74, 6) is 0.827. The van der Waals surface area contributed by atoms with Crippen LogP contribution in [-0.2, 0) is 11.3 Å². The van der Waals surface area contributed by atoms with Gasteiger partial charge in [-0.05, 0) is 79.1 Å². The number of carbonyl (C=O) groups excluding carboxylic acids is 2. The number of halogens is 1. The molecule has 0 saturated carbocycles. The number of benzene rings is 3. The lowest BCUT2D eigenvalue weighted by molar-refractivity contribution is -0.119. The molecule has 0 aromatic heterocycles. The van der Waals surface area contributed by atoms with Crippen molar-refractivity contribution in [3.05, 3.63) is 89.7 Å². The van der Waals surface area contributed by atoms with Crippen LogP contribution >= 0.6 is 0 Å². The number of piperidine rings is 1. The van der Waals surface area contributed by atoms with Crippen LogP contribution in [0.4, 0.5) is 10.1 Å². The van der Waals surface area contributed by atoms with Gasteiger partial charge in [0.25, 0.3) is 5.91 Å². The van der Waals surface area contributed by atoms with Crippen LogP contribution in [0.1, 0.15) is 35.2 Å². The standard InChI is InChI=1S/C25H23FN2O3/c26-20-8-14-23(15-9-20)31-22-12-4-18(5-13-22)17-27-25(30)19-6-10-21(11-7-19)28-16-2-1-3-24(28)29/h4-15H,1-3,16-17H2,(H,27,30). The molecule has 1 N–H and O–H groups in total. The molecule has 0 atom stereocenters. The first-order valence-corrected chi connectivity index (χ1v) is 10.3. The SMILES string of the molecule is O=C(NCc1ccc(Oc2ccc(F)cc2)cc1)c1ccc(N2CCCCC2=O)cc1. The number of nitrogens with one attached hydrogen (secondary N) is 1. The van der Waals surface area contributed by atoms with Crippen molar-refractivity contribution in [2.24, 2.45) is 0 Å². The van der Waals surface area contributed by atoms with E-state index in [1.54, 1.807) is 41.3 Å². The van der Waals surface area contributed by atoms with Crippen molar-refractivity contribution in [2.45, 2.75) is 25.8 Å². The third kappa shape index (κ3) is 5.28. The molecule has 0 aliphatic carbocycles. The van der Waals surface area contributed by atoms with Crippen LogP contribution in [0.3, 0.4) is 0 Å². The summed E-state index contributed by atoms with van der Waals surface area (Å²) in [6.45, 7) is 1.10. The first-order valence-electron chi connectivity index (χ1n) is 10.3. The first-order chi connectivity index (χ1) is 15.1. The molecule has 1 fully saturated rings. The molecule has 158 valence electrons. The molecule has 3 aromatic carbocycles. The molecule has 1 heterocycles. The number of rotatable bonds is 6. The first kappa shape index (κ1) is 20.6. The fraction of sp³-hybridized carbons (Fsp3) is 0.200. The van der Waals surface area contributed by atoms with Crippen molar-refractivity contribution in [1.82, 2.24) is 5.32 Å². The second-order valence-corrected chi connectivity index (χ2v) is 7.43. The number of hydrogen-bond acceptors (Lipinski definition) is 3. The zero-order chi connectivity index (χ0) is 21.6. The highest BCUT2D eigenvalue weighted by Gasteiger charge is 2.19. The third-order valence-electron chi connectivity index (χ3n) is 5.19. The van der Waals surface area contributed by atoms with Gasteiger partial charge in [-0.15, -0.1) is 0 Å². The molecule has 6 heteroatoms. The molecule has 0 radical (unpaired) electrons. The number of anilines is 1. The molecule has 0 bridgehead atoms. The molecule has 3 aromatic rings. The Bertz CT molecular complexity index is 1050. The van der Waals surface area contributed by atoms with Crippen LogP contribution in [0.25, 0.3) is 0 Å². The average molecular weight is 418 g/mol. The third-order valence-corrected chi connectivity index (χ3v) is 5.19. The Balaban J connectivity index is 1.31. The number of carbonyl (C=O) groups is 2. The van der Waals surface area contributed by atoms with Crippen LogP contribution in [0, 0.1) is 5.82 Å². The van der Waals surface area contributed by atoms with Crippen LogP contribution in [0.15, 0.2) is 72.8 Å². The number of hydrogen-bond donors (Lipinski definition) is 1. The van der Waals surface area contributed by atoms with E-state index in [1.165, 1.54) is 12.1 Å². The van der Waals surface area contributed by atoms with E-state index in [9.17, 15) is 14.0 Å². The van der Waals surface area contributed by atoms with Crippen molar-refractivity contribution in [3.8, 4) is 11.5 Å². The van der Waals surface area contributed by atoms with Gasteiger partial charge >= 0.3 is 0 Å². The Morgan fingerprint density at radius 2 is 1.55 bits per heavy atom. The van der Waals surface area contributed by atoms with E-state index < -0.39 is 0 Å². The molecule has 31 heavy (non-hydrogen) atoms. The van der Waals surface area contributed by atoms with Crippen LogP contribution < -0.4 is 15.0 Å². The van der Waals surface area contributed by atoms with Gasteiger partial charge in [0.2, 0.25) is 5.91 Å². The normalized spacial score (nSPS) is 13.7. The van der Waals surface area contributed by atoms with Gasteiger partial charge in [0.1, 0.15) is 17.3 Å². The van der Waals surface area contributed by atoms with Gasteiger partial charge in [0.05, 0.1) is 0 Å². The Kier molecular flexibility index (Phi) is 6.26. The van der Waals surface area contributed by atoms with Gasteiger partial charge in [-0.25, -0.2) is 4.39 Å². The fourth-order valence-corrected chi connectivity index (χ4v) is 3.47. The Hall–Kier alpha value is -3.67. The van der Waals surface area contributed by atoms with Crippen LogP contribution in [0.2, 0.25) is 0 Å². The average Bonchev–Trinajstić information content (AvgIpc) is 2.80. The van der Waals surface area contributed by atoms with Crippen LogP contribution in [0.5, 0.6) is 11.5 Å². The van der Waals surface area contributed by atoms with E-state index >= 15 is 0 Å². The minimum Gasteiger partial charge on any atom is -0.457 e. The second kappa shape index (κ2) is 9.43. The number of amides is 2. The lowest BCUT2D eigenvalue weighted by Gasteiger charge is -2.26. The van der Waals surface area contributed by atoms with Crippen molar-refractivity contribution >= 4 is 17.5 Å². The molecule has 1 saturated heterocycles. The highest BCUT2D eigenvalue weighted by Crippen LogP contribution is 2.23. The molecule has 4 rings (SSSR count). The summed E-state index contributed by atoms with van der Waals surface area (Å²) in [6, 6.07) is 20.3. The van der Waals surface area contributed by atoms with Gasteiger partial charge in [-0.3, -0.25) is 9.59 Å². The molecule has 0 spiro atoms. The summed E-state index contributed by atoms with van der Waals surface area (Å²) in [6.07, 6.45) is 2.52. The van der Waals surface area contributed by atoms with E-state index in [1.807, 2.05) is 24.3 Å². The van der Waals surface area contributed by atoms with E-state index in [4.69, 9.17) is 4.74 Å². The Morgan fingerprint density at radius 3 is 2.19 bits per heavy atom. The zero-order valence-electron chi connectivity index (χ0n) is 17.0. The second-order valence-electron chi connectivity index (χ2n) is 7.43. The molecule has 5 nitrogen and oxygen atoms in total. The Labute approximate surface area is 180 Å². The maximum Gasteiger partial charge on any atom is 0.251 e. The topological polar surface area (TPSA) is 58.6 Å². The fourth-order valence-electron chi connectivity index (χ4n) is 3.47. The maximum atomic E-state index is 13.0. The highest BCUT2D eigenvalue weighted by atomic mass is 19.1. The summed E-state index contributed by atoms with van der Waals surface area (Å²) in [7, 11) is 0. The maximum absolute atomic E-state index is 13.0. The van der Waals surface area contributed by atoms with E-state index in [-0.39, 0.29) is 17.6 Å². The summed E-state index contributed by atoms with van der Waals surface area (Å²) in [4.78, 5) is 26.3. The van der Waals surface area contributed by atoms with Crippen molar-refractivity contribution in [2.75, 3.05) is 11.4 Å². The molecule has 0 unspecified atom stereocenters. The monoisotopic (exact) mass is 418 g/mol. The van der Waals surface area contributed by atoms with E-state index in [2.05, 4.69) is 5.32 Å². The summed E-state index contributed by atoms with van der Waals surface area (Å²) < 4.78 is 18.6. The van der Waals surface area contributed by atoms with E-state index in [0.717, 1.165) is 30.6 Å². The minimum atomic E-state index is -0.312. The molecule has 2 amide bonds. The molecule has 1 aliphatic rings. The molecular formula is C25H23FN2O3. The number of nitrogens with zero attached hydrogens (tertiary/aromatic N) is 1. The number of ether oxygens (including phenoxy) is 1. The molecule has 1 aliphatic heterocycles. The summed E-state index contributed by atoms with van der Waals surface area (Å²) >= 11 is 0. The minimum absolute atomic E-state index is 0.135. The summed E-state index contributed by atoms with van der Waals surface area (Å²) in [5.41, 5.74) is 2.30. The lowest BCUT2D eigenvalue weighted by atomic mass is 10.1. The van der Waals surface area contributed by atoms with Gasteiger partial charge in [-0.1, -0.05) is 12.1 Å². The van der Waals surface area contributed by atoms with Crippen molar-refractivity contribution in [3.63, 3.8) is 0 Å². The zero-order valence-corrected chi connectivity index (χ0v) is 17.0. The largest absolute Gasteiger partial charge is 0.457 e. The highest BCUT2D eigenvalue weighted by molar-refractivity contribution is 5.96. The van der Waals surface area contributed by atoms with Gasteiger partial charge in [-0.2, -0.15) is 0 Å². The van der Waals surface area contributed by atoms with Crippen molar-refractivity contribution < 1.29 is 18.7 Å². The lowest BCUT2D eigenvalue weighted by Crippen LogP contribution is -2.35. The smallest absolute Gasteiger partial charge is 0.251 e. The van der Waals surface area contributed by atoms with Crippen molar-refractivity contribution in [1.29, 1.82) is 0 Å². The van der Waals surface area contributed by atoms with Gasteiger partial charge in [0.15, 0.2) is 0 Å². The van der Waals surface area contributed by atoms with Gasteiger partial charge < -0.3 is 15.0 Å².